The number of sulfonamides is 1. The highest BCUT2D eigenvalue weighted by Crippen LogP contribution is 2.31. The van der Waals surface area contributed by atoms with Gasteiger partial charge < -0.3 is 5.73 Å². The number of rotatable bonds is 7. The molecule has 0 unspecified atom stereocenters. The van der Waals surface area contributed by atoms with E-state index in [1.54, 1.807) is 31.2 Å². The number of nitrogens with one attached hydrogen (secondary N) is 1. The van der Waals surface area contributed by atoms with Gasteiger partial charge in [-0.25, -0.2) is 30.6 Å². The lowest BCUT2D eigenvalue weighted by atomic mass is 10.1. The van der Waals surface area contributed by atoms with Gasteiger partial charge in [0.1, 0.15) is 16.5 Å². The second-order valence-electron chi connectivity index (χ2n) is 7.35. The predicted molar refractivity (Wildman–Crippen MR) is 133 cm³/mol. The standard InChI is InChI=1S/C22H21ClF2N4O4S2/c1-3-10-34(30,31)29-18-9-8-17(24)20(19(18)25)35(32,33)22(27-2)16-11-14(12-28-21(16)26)13-4-6-15(23)7-5-13/h4-9,11-12,29H,3,10H2,1-2H3,(H2,26,28). The number of hydrogen-bond acceptors (Lipinski definition) is 7. The van der Waals surface area contributed by atoms with Crippen molar-refractivity contribution in [3.05, 3.63) is 70.9 Å². The summed E-state index contributed by atoms with van der Waals surface area (Å²) in [5.41, 5.74) is 6.09. The maximum absolute atomic E-state index is 15.2. The van der Waals surface area contributed by atoms with Crippen LogP contribution >= 0.6 is 11.6 Å². The second kappa shape index (κ2) is 10.3. The smallest absolute Gasteiger partial charge is 0.232 e. The summed E-state index contributed by atoms with van der Waals surface area (Å²) in [5.74, 6) is -3.62. The minimum atomic E-state index is -4.96. The number of nitrogens with two attached hydrogens (primary N) is 1. The number of anilines is 2. The van der Waals surface area contributed by atoms with Crippen molar-refractivity contribution < 1.29 is 25.6 Å². The van der Waals surface area contributed by atoms with Crippen LogP contribution in [0.4, 0.5) is 20.3 Å². The second-order valence-corrected chi connectivity index (χ2v) is 11.4. The fourth-order valence-electron chi connectivity index (χ4n) is 3.27. The lowest BCUT2D eigenvalue weighted by Crippen LogP contribution is -2.23. The highest BCUT2D eigenvalue weighted by atomic mass is 35.5. The van der Waals surface area contributed by atoms with Crippen molar-refractivity contribution >= 4 is 48.0 Å². The van der Waals surface area contributed by atoms with Gasteiger partial charge in [0.05, 0.1) is 17.0 Å². The third-order valence-electron chi connectivity index (χ3n) is 4.84. The van der Waals surface area contributed by atoms with Crippen molar-refractivity contribution in [2.45, 2.75) is 18.2 Å². The Morgan fingerprint density at radius 1 is 1.09 bits per heavy atom. The quantitative estimate of drug-likeness (QED) is 0.338. The zero-order chi connectivity index (χ0) is 26.0. The molecule has 0 spiro atoms. The SMILES string of the molecule is CCCS(=O)(=O)Nc1ccc(F)c(S(=O)(=O)C(=NC)c2cc(-c3ccc(Cl)cc3)cnc2N)c1F. The Balaban J connectivity index is 2.15. The van der Waals surface area contributed by atoms with E-state index >= 15 is 4.39 Å². The lowest BCUT2D eigenvalue weighted by molar-refractivity contribution is 0.525. The van der Waals surface area contributed by atoms with Crippen LogP contribution < -0.4 is 10.5 Å². The molecule has 0 aliphatic rings. The number of halogens is 3. The van der Waals surface area contributed by atoms with Crippen molar-refractivity contribution in [3.8, 4) is 11.1 Å². The Labute approximate surface area is 206 Å². The van der Waals surface area contributed by atoms with Gasteiger partial charge in [-0.15, -0.1) is 0 Å². The summed E-state index contributed by atoms with van der Waals surface area (Å²) in [7, 11) is -7.83. The molecule has 0 aliphatic heterocycles. The Hall–Kier alpha value is -3.09. The number of pyridine rings is 1. The molecule has 186 valence electrons. The lowest BCUT2D eigenvalue weighted by Gasteiger charge is -2.15. The minimum absolute atomic E-state index is 0.185. The number of aliphatic imine (C=N–C) groups is 1. The first-order valence-electron chi connectivity index (χ1n) is 10.1. The summed E-state index contributed by atoms with van der Waals surface area (Å²) < 4.78 is 82.8. The minimum Gasteiger partial charge on any atom is -0.383 e. The molecule has 0 fully saturated rings. The Bertz CT molecular complexity index is 1510. The third kappa shape index (κ3) is 5.60. The van der Waals surface area contributed by atoms with Crippen LogP contribution in [-0.2, 0) is 19.9 Å². The van der Waals surface area contributed by atoms with Gasteiger partial charge in [-0.1, -0.05) is 30.7 Å². The summed E-state index contributed by atoms with van der Waals surface area (Å²) in [6.07, 6.45) is 1.62. The molecule has 35 heavy (non-hydrogen) atoms. The highest BCUT2D eigenvalue weighted by Gasteiger charge is 2.34. The van der Waals surface area contributed by atoms with Crippen LogP contribution in [0, 0.1) is 11.6 Å². The van der Waals surface area contributed by atoms with Gasteiger partial charge >= 0.3 is 0 Å². The first-order chi connectivity index (χ1) is 16.4. The van der Waals surface area contributed by atoms with Gasteiger partial charge in [0, 0.05) is 23.8 Å². The van der Waals surface area contributed by atoms with Crippen LogP contribution in [0.1, 0.15) is 18.9 Å². The first-order valence-corrected chi connectivity index (χ1v) is 13.6. The Morgan fingerprint density at radius 3 is 2.34 bits per heavy atom. The molecule has 3 aromatic rings. The van der Waals surface area contributed by atoms with Crippen molar-refractivity contribution in [1.29, 1.82) is 0 Å². The van der Waals surface area contributed by atoms with Crippen LogP contribution in [0.3, 0.4) is 0 Å². The van der Waals surface area contributed by atoms with Crippen LogP contribution in [0.25, 0.3) is 11.1 Å². The van der Waals surface area contributed by atoms with Crippen molar-refractivity contribution in [2.75, 3.05) is 23.3 Å². The van der Waals surface area contributed by atoms with Crippen LogP contribution in [0.5, 0.6) is 0 Å². The van der Waals surface area contributed by atoms with Crippen LogP contribution in [0.15, 0.2) is 58.5 Å². The number of nitrogen functional groups attached to an aromatic ring is 1. The molecule has 0 atom stereocenters. The van der Waals surface area contributed by atoms with Crippen molar-refractivity contribution in [3.63, 3.8) is 0 Å². The van der Waals surface area contributed by atoms with Gasteiger partial charge in [0.15, 0.2) is 10.9 Å². The zero-order valence-corrected chi connectivity index (χ0v) is 21.0. The fourth-order valence-corrected chi connectivity index (χ4v) is 6.09. The monoisotopic (exact) mass is 542 g/mol. The molecular formula is C22H21ClF2N4O4S2. The number of nitrogens with zero attached hydrogens (tertiary/aromatic N) is 2. The molecule has 0 saturated carbocycles. The molecular weight excluding hydrogens is 522 g/mol. The van der Waals surface area contributed by atoms with Gasteiger partial charge in [0.25, 0.3) is 0 Å². The van der Waals surface area contributed by atoms with E-state index in [2.05, 4.69) is 9.98 Å². The molecule has 1 heterocycles. The Kier molecular flexibility index (Phi) is 7.77. The number of aromatic nitrogens is 1. The molecule has 13 heteroatoms. The fraction of sp³-hybridized carbons (Fsp3) is 0.182. The van der Waals surface area contributed by atoms with Crippen molar-refractivity contribution in [2.24, 2.45) is 4.99 Å². The molecule has 0 aliphatic carbocycles. The molecule has 8 nitrogen and oxygen atoms in total. The van der Waals surface area contributed by atoms with Gasteiger partial charge in [-0.2, -0.15) is 0 Å². The normalized spacial score (nSPS) is 12.5. The summed E-state index contributed by atoms with van der Waals surface area (Å²) >= 11 is 5.91. The van der Waals surface area contributed by atoms with Crippen LogP contribution in [-0.4, -0.2) is 39.7 Å². The average Bonchev–Trinajstić information content (AvgIpc) is 2.78. The summed E-state index contributed by atoms with van der Waals surface area (Å²) in [6, 6.07) is 9.40. The maximum atomic E-state index is 15.2. The van der Waals surface area contributed by atoms with E-state index in [1.165, 1.54) is 12.3 Å². The highest BCUT2D eigenvalue weighted by molar-refractivity contribution is 8.07. The largest absolute Gasteiger partial charge is 0.383 e. The van der Waals surface area contributed by atoms with E-state index in [0.717, 1.165) is 13.1 Å². The van der Waals surface area contributed by atoms with E-state index in [-0.39, 0.29) is 23.6 Å². The Morgan fingerprint density at radius 2 is 1.74 bits per heavy atom. The van der Waals surface area contributed by atoms with E-state index in [1.807, 2.05) is 4.72 Å². The zero-order valence-electron chi connectivity index (χ0n) is 18.6. The van der Waals surface area contributed by atoms with E-state index in [4.69, 9.17) is 17.3 Å². The molecule has 0 amide bonds. The predicted octanol–water partition coefficient (Wildman–Crippen LogP) is 4.26. The number of benzene rings is 2. The summed E-state index contributed by atoms with van der Waals surface area (Å²) in [6.45, 7) is 1.59. The molecule has 2 aromatic carbocycles. The summed E-state index contributed by atoms with van der Waals surface area (Å²) in [4.78, 5) is 6.38. The van der Waals surface area contributed by atoms with E-state index in [0.29, 0.717) is 22.2 Å². The van der Waals surface area contributed by atoms with Gasteiger partial charge in [-0.3, -0.25) is 9.71 Å². The maximum Gasteiger partial charge on any atom is 0.232 e. The summed E-state index contributed by atoms with van der Waals surface area (Å²) in [5, 5.41) is -0.263. The van der Waals surface area contributed by atoms with Gasteiger partial charge in [0.2, 0.25) is 19.9 Å². The molecule has 1 aromatic heterocycles. The molecule has 0 radical (unpaired) electrons. The molecule has 3 rings (SSSR count). The van der Waals surface area contributed by atoms with Gasteiger partial charge in [-0.05, 0) is 42.3 Å². The molecule has 0 saturated heterocycles. The van der Waals surface area contributed by atoms with E-state index in [9.17, 15) is 21.2 Å². The number of sulfone groups is 1. The van der Waals surface area contributed by atoms with Crippen molar-refractivity contribution in [1.82, 2.24) is 4.98 Å². The topological polar surface area (TPSA) is 132 Å². The number of hydrogen-bond donors (Lipinski definition) is 2. The van der Waals surface area contributed by atoms with Crippen LogP contribution in [0.2, 0.25) is 5.02 Å². The molecule has 3 N–H and O–H groups in total. The molecule has 0 bridgehead atoms. The third-order valence-corrected chi connectivity index (χ3v) is 8.39. The van der Waals surface area contributed by atoms with E-state index < -0.39 is 47.1 Å². The average molecular weight is 543 g/mol. The first kappa shape index (κ1) is 26.5.